The van der Waals surface area contributed by atoms with E-state index in [0.29, 0.717) is 19.1 Å². The average Bonchev–Trinajstić information content (AvgIpc) is 3.13. The molecule has 0 bridgehead atoms. The number of halogens is 1. The maximum absolute atomic E-state index is 5.77. The quantitative estimate of drug-likeness (QED) is 0.368. The molecular weight excluding hydrogens is 354 g/mol. The summed E-state index contributed by atoms with van der Waals surface area (Å²) >= 11 is 7.42. The summed E-state index contributed by atoms with van der Waals surface area (Å²) in [6, 6.07) is 17.9. The van der Waals surface area contributed by atoms with Gasteiger partial charge in [-0.2, -0.15) is 0 Å². The number of rotatable bonds is 9. The van der Waals surface area contributed by atoms with Crippen LogP contribution in [0.3, 0.4) is 0 Å². The maximum atomic E-state index is 5.77. The molecule has 1 aromatic heterocycles. The molecule has 0 saturated heterocycles. The van der Waals surface area contributed by atoms with Crippen LogP contribution in [0.1, 0.15) is 22.7 Å². The third-order valence-electron chi connectivity index (χ3n) is 3.61. The molecule has 0 spiro atoms. The monoisotopic (exact) mass is 373 g/mol. The van der Waals surface area contributed by atoms with Gasteiger partial charge in [-0.05, 0) is 36.2 Å². The summed E-state index contributed by atoms with van der Waals surface area (Å²) < 4.78 is 11.5. The first-order valence-corrected chi connectivity index (χ1v) is 9.64. The first-order valence-electron chi connectivity index (χ1n) is 8.22. The highest BCUT2D eigenvalue weighted by Crippen LogP contribution is 2.19. The van der Waals surface area contributed by atoms with Crippen LogP contribution in [0.2, 0.25) is 0 Å². The number of hydrogen-bond donors (Lipinski definition) is 0. The molecule has 2 aromatic carbocycles. The zero-order valence-corrected chi connectivity index (χ0v) is 15.4. The Hall–Kier alpha value is -2.04. The molecule has 3 nitrogen and oxygen atoms in total. The highest BCUT2D eigenvalue weighted by Gasteiger charge is 2.02. The number of aromatic nitrogens is 1. The first kappa shape index (κ1) is 17.8. The highest BCUT2D eigenvalue weighted by molar-refractivity contribution is 7.09. The third kappa shape index (κ3) is 5.76. The molecular formula is C20H20ClNO2S. The minimum atomic E-state index is 0.478. The van der Waals surface area contributed by atoms with E-state index in [0.717, 1.165) is 40.6 Å². The van der Waals surface area contributed by atoms with E-state index in [9.17, 15) is 0 Å². The van der Waals surface area contributed by atoms with Crippen molar-refractivity contribution in [1.29, 1.82) is 0 Å². The van der Waals surface area contributed by atoms with Crippen LogP contribution < -0.4 is 9.47 Å². The summed E-state index contributed by atoms with van der Waals surface area (Å²) in [5.41, 5.74) is 2.11. The molecule has 0 amide bonds. The maximum Gasteiger partial charge on any atom is 0.120 e. The summed E-state index contributed by atoms with van der Waals surface area (Å²) in [6.45, 7) is 1.24. The van der Waals surface area contributed by atoms with E-state index in [1.165, 1.54) is 0 Å². The van der Waals surface area contributed by atoms with E-state index in [-0.39, 0.29) is 0 Å². The molecule has 0 aliphatic rings. The molecule has 130 valence electrons. The number of aryl methyl sites for hydroxylation is 1. The fourth-order valence-electron chi connectivity index (χ4n) is 2.31. The van der Waals surface area contributed by atoms with Gasteiger partial charge in [0.15, 0.2) is 0 Å². The Morgan fingerprint density at radius 2 is 1.64 bits per heavy atom. The van der Waals surface area contributed by atoms with E-state index in [2.05, 4.69) is 17.1 Å². The molecule has 0 unspecified atom stereocenters. The zero-order chi connectivity index (χ0) is 17.3. The Morgan fingerprint density at radius 1 is 0.920 bits per heavy atom. The second-order valence-electron chi connectivity index (χ2n) is 5.56. The number of nitrogens with zero attached hydrogens (tertiary/aromatic N) is 1. The lowest BCUT2D eigenvalue weighted by molar-refractivity contribution is 0.299. The number of hydrogen-bond acceptors (Lipinski definition) is 4. The normalized spacial score (nSPS) is 10.6. The van der Waals surface area contributed by atoms with Gasteiger partial charge in [-0.3, -0.25) is 0 Å². The van der Waals surface area contributed by atoms with Crippen LogP contribution in [-0.4, -0.2) is 11.6 Å². The minimum Gasteiger partial charge on any atom is -0.494 e. The zero-order valence-electron chi connectivity index (χ0n) is 13.9. The summed E-state index contributed by atoms with van der Waals surface area (Å²) in [5.74, 6) is 2.17. The smallest absolute Gasteiger partial charge is 0.120 e. The molecule has 0 N–H and O–H groups in total. The van der Waals surface area contributed by atoms with Gasteiger partial charge in [-0.1, -0.05) is 30.3 Å². The van der Waals surface area contributed by atoms with Crippen molar-refractivity contribution in [2.24, 2.45) is 0 Å². The van der Waals surface area contributed by atoms with Crippen LogP contribution in [-0.2, 0) is 18.9 Å². The van der Waals surface area contributed by atoms with Crippen LogP contribution in [0.5, 0.6) is 11.5 Å². The van der Waals surface area contributed by atoms with E-state index < -0.39 is 0 Å². The second kappa shape index (κ2) is 9.44. The van der Waals surface area contributed by atoms with Gasteiger partial charge in [-0.25, -0.2) is 4.98 Å². The van der Waals surface area contributed by atoms with Crippen molar-refractivity contribution in [2.75, 3.05) is 6.61 Å². The van der Waals surface area contributed by atoms with Gasteiger partial charge < -0.3 is 9.47 Å². The van der Waals surface area contributed by atoms with Crippen molar-refractivity contribution in [1.82, 2.24) is 4.98 Å². The summed E-state index contributed by atoms with van der Waals surface area (Å²) in [5, 5.41) is 3.13. The van der Waals surface area contributed by atoms with Crippen molar-refractivity contribution in [3.8, 4) is 11.5 Å². The largest absolute Gasteiger partial charge is 0.494 e. The molecule has 0 saturated carbocycles. The Balaban J connectivity index is 1.38. The standard InChI is InChI=1S/C20H20ClNO2S/c21-13-17-15-25-20(22-17)7-4-12-23-18-8-10-19(11-9-18)24-14-16-5-2-1-3-6-16/h1-3,5-6,8-11,15H,4,7,12-14H2. The number of ether oxygens (including phenoxy) is 2. The summed E-state index contributed by atoms with van der Waals surface area (Å²) in [4.78, 5) is 4.44. The summed E-state index contributed by atoms with van der Waals surface area (Å²) in [7, 11) is 0. The average molecular weight is 374 g/mol. The van der Waals surface area contributed by atoms with Crippen molar-refractivity contribution >= 4 is 22.9 Å². The minimum absolute atomic E-state index is 0.478. The lowest BCUT2D eigenvalue weighted by Gasteiger charge is -2.08. The number of alkyl halides is 1. The Bertz CT molecular complexity index is 759. The van der Waals surface area contributed by atoms with Gasteiger partial charge in [0.25, 0.3) is 0 Å². The van der Waals surface area contributed by atoms with Gasteiger partial charge in [0, 0.05) is 11.8 Å². The fraction of sp³-hybridized carbons (Fsp3) is 0.250. The van der Waals surface area contributed by atoms with Crippen molar-refractivity contribution in [3.05, 3.63) is 76.2 Å². The Kier molecular flexibility index (Phi) is 6.71. The van der Waals surface area contributed by atoms with E-state index in [1.807, 2.05) is 47.8 Å². The van der Waals surface area contributed by atoms with Gasteiger partial charge in [0.2, 0.25) is 0 Å². The Labute approximate surface area is 157 Å². The molecule has 3 aromatic rings. The molecule has 25 heavy (non-hydrogen) atoms. The van der Waals surface area contributed by atoms with Crippen LogP contribution in [0, 0.1) is 0 Å². The molecule has 0 atom stereocenters. The summed E-state index contributed by atoms with van der Waals surface area (Å²) in [6.07, 6.45) is 1.85. The lowest BCUT2D eigenvalue weighted by atomic mass is 10.2. The highest BCUT2D eigenvalue weighted by atomic mass is 35.5. The van der Waals surface area contributed by atoms with E-state index >= 15 is 0 Å². The molecule has 1 heterocycles. The van der Waals surface area contributed by atoms with E-state index in [1.54, 1.807) is 11.3 Å². The topological polar surface area (TPSA) is 31.4 Å². The fourth-order valence-corrected chi connectivity index (χ4v) is 3.38. The molecule has 0 aliphatic heterocycles. The van der Waals surface area contributed by atoms with Gasteiger partial charge in [0.05, 0.1) is 23.2 Å². The van der Waals surface area contributed by atoms with Gasteiger partial charge in [-0.15, -0.1) is 22.9 Å². The van der Waals surface area contributed by atoms with Crippen molar-refractivity contribution < 1.29 is 9.47 Å². The van der Waals surface area contributed by atoms with Crippen LogP contribution in [0.25, 0.3) is 0 Å². The molecule has 0 radical (unpaired) electrons. The lowest BCUT2D eigenvalue weighted by Crippen LogP contribution is -2.00. The Morgan fingerprint density at radius 3 is 2.32 bits per heavy atom. The first-order chi connectivity index (χ1) is 12.3. The SMILES string of the molecule is ClCc1csc(CCCOc2ccc(OCc3ccccc3)cc2)n1. The molecule has 0 fully saturated rings. The van der Waals surface area contributed by atoms with Crippen LogP contribution in [0.15, 0.2) is 60.0 Å². The third-order valence-corrected chi connectivity index (χ3v) is 4.84. The van der Waals surface area contributed by atoms with Crippen molar-refractivity contribution in [2.45, 2.75) is 25.3 Å². The molecule has 3 rings (SSSR count). The predicted octanol–water partition coefficient (Wildman–Crippen LogP) is 5.47. The predicted molar refractivity (Wildman–Crippen MR) is 103 cm³/mol. The van der Waals surface area contributed by atoms with E-state index in [4.69, 9.17) is 21.1 Å². The van der Waals surface area contributed by atoms with Crippen LogP contribution in [0.4, 0.5) is 0 Å². The van der Waals surface area contributed by atoms with Crippen LogP contribution >= 0.6 is 22.9 Å². The number of thiazole rings is 1. The number of benzene rings is 2. The van der Waals surface area contributed by atoms with Gasteiger partial charge >= 0.3 is 0 Å². The van der Waals surface area contributed by atoms with Crippen molar-refractivity contribution in [3.63, 3.8) is 0 Å². The molecule has 0 aliphatic carbocycles. The molecule has 5 heteroatoms. The van der Waals surface area contributed by atoms with Gasteiger partial charge in [0.1, 0.15) is 18.1 Å². The second-order valence-corrected chi connectivity index (χ2v) is 6.77.